The average molecular weight is 380 g/mol. The van der Waals surface area contributed by atoms with Gasteiger partial charge in [-0.05, 0) is 31.5 Å². The fourth-order valence-corrected chi connectivity index (χ4v) is 2.80. The fraction of sp³-hybridized carbons (Fsp3) is 0.190. The van der Waals surface area contributed by atoms with Crippen LogP contribution in [0.3, 0.4) is 0 Å². The molecule has 0 radical (unpaired) electrons. The summed E-state index contributed by atoms with van der Waals surface area (Å²) in [6, 6.07) is 14.6. The van der Waals surface area contributed by atoms with Crippen LogP contribution in [0.1, 0.15) is 24.2 Å². The molecule has 28 heavy (non-hydrogen) atoms. The number of amides is 3. The van der Waals surface area contributed by atoms with Crippen molar-refractivity contribution in [2.24, 2.45) is 0 Å². The molecule has 0 aliphatic rings. The number of hydrogen-bond acceptors (Lipinski definition) is 5. The summed E-state index contributed by atoms with van der Waals surface area (Å²) in [6.45, 7) is 3.95. The third-order valence-electron chi connectivity index (χ3n) is 4.09. The van der Waals surface area contributed by atoms with Crippen molar-refractivity contribution in [2.45, 2.75) is 20.0 Å². The Labute approximate surface area is 161 Å². The van der Waals surface area contributed by atoms with Gasteiger partial charge in [-0.2, -0.15) is 0 Å². The molecule has 0 bridgehead atoms. The molecule has 1 heterocycles. The van der Waals surface area contributed by atoms with Gasteiger partial charge in [0.1, 0.15) is 11.3 Å². The van der Waals surface area contributed by atoms with Gasteiger partial charge in [0.25, 0.3) is 5.91 Å². The lowest BCUT2D eigenvalue weighted by molar-refractivity contribution is -0.127. The number of nitrogens with one attached hydrogen (secondary N) is 2. The first-order valence-electron chi connectivity index (χ1n) is 8.82. The monoisotopic (exact) mass is 380 g/mol. The summed E-state index contributed by atoms with van der Waals surface area (Å²) in [5.41, 5.74) is 1.26. The van der Waals surface area contributed by atoms with E-state index in [1.165, 1.54) is 6.07 Å². The molecule has 0 spiro atoms. The zero-order valence-corrected chi connectivity index (χ0v) is 15.5. The Hall–Kier alpha value is -3.61. The summed E-state index contributed by atoms with van der Waals surface area (Å²) in [5, 5.41) is 5.55. The van der Waals surface area contributed by atoms with Crippen molar-refractivity contribution < 1.29 is 18.7 Å². The van der Waals surface area contributed by atoms with E-state index in [1.54, 1.807) is 49.4 Å². The van der Waals surface area contributed by atoms with E-state index in [-0.39, 0.29) is 0 Å². The van der Waals surface area contributed by atoms with Crippen LogP contribution in [-0.4, -0.2) is 18.5 Å². The third kappa shape index (κ3) is 4.37. The first-order valence-corrected chi connectivity index (χ1v) is 8.82. The van der Waals surface area contributed by atoms with Gasteiger partial charge in [0.15, 0.2) is 0 Å². The van der Waals surface area contributed by atoms with Crippen LogP contribution in [0, 0.1) is 6.92 Å². The molecule has 1 atom stereocenters. The Bertz CT molecular complexity index is 1060. The number of benzene rings is 2. The van der Waals surface area contributed by atoms with Crippen molar-refractivity contribution in [2.75, 3.05) is 6.54 Å². The summed E-state index contributed by atoms with van der Waals surface area (Å²) < 4.78 is 11.1. The van der Waals surface area contributed by atoms with Crippen molar-refractivity contribution in [3.63, 3.8) is 0 Å². The van der Waals surface area contributed by atoms with Crippen molar-refractivity contribution in [1.29, 1.82) is 0 Å². The lowest BCUT2D eigenvalue weighted by Gasteiger charge is -2.19. The molecule has 0 aliphatic heterocycles. The Balaban J connectivity index is 1.93. The first kappa shape index (κ1) is 19.2. The zero-order valence-electron chi connectivity index (χ0n) is 15.5. The SMILES string of the molecule is CCNC(=O)NC(=O)[C@@H](Oc1ccc2c(C)cc(=O)oc2c1)c1ccccc1. The molecule has 7 heteroatoms. The van der Waals surface area contributed by atoms with Crippen molar-refractivity contribution in [3.05, 3.63) is 76.1 Å². The molecule has 0 unspecified atom stereocenters. The number of urea groups is 1. The molecule has 1 aromatic heterocycles. The highest BCUT2D eigenvalue weighted by atomic mass is 16.5. The summed E-state index contributed by atoms with van der Waals surface area (Å²) in [4.78, 5) is 36.0. The van der Waals surface area contributed by atoms with Gasteiger partial charge in [-0.1, -0.05) is 30.3 Å². The molecular weight excluding hydrogens is 360 g/mol. The van der Waals surface area contributed by atoms with Gasteiger partial charge in [-0.15, -0.1) is 0 Å². The van der Waals surface area contributed by atoms with Crippen molar-refractivity contribution >= 4 is 22.9 Å². The Morgan fingerprint density at radius 1 is 1.11 bits per heavy atom. The van der Waals surface area contributed by atoms with Gasteiger partial charge in [0.05, 0.1) is 0 Å². The molecular formula is C21H20N2O5. The number of rotatable bonds is 5. The predicted molar refractivity (Wildman–Crippen MR) is 104 cm³/mol. The van der Waals surface area contributed by atoms with E-state index in [1.807, 2.05) is 13.0 Å². The Kier molecular flexibility index (Phi) is 5.74. The topological polar surface area (TPSA) is 97.6 Å². The van der Waals surface area contributed by atoms with E-state index < -0.39 is 23.7 Å². The maximum Gasteiger partial charge on any atom is 0.336 e. The zero-order chi connectivity index (χ0) is 20.1. The predicted octanol–water partition coefficient (Wildman–Crippen LogP) is 3.07. The van der Waals surface area contributed by atoms with Gasteiger partial charge in [-0.3, -0.25) is 10.1 Å². The number of aryl methyl sites for hydroxylation is 1. The number of hydrogen-bond donors (Lipinski definition) is 2. The van der Waals surface area contributed by atoms with Crippen molar-refractivity contribution in [1.82, 2.24) is 10.6 Å². The molecule has 3 rings (SSSR count). The Morgan fingerprint density at radius 3 is 2.57 bits per heavy atom. The van der Waals surface area contributed by atoms with Crippen LogP contribution in [0.2, 0.25) is 0 Å². The maximum absolute atomic E-state index is 12.6. The lowest BCUT2D eigenvalue weighted by Crippen LogP contribution is -2.42. The molecule has 2 N–H and O–H groups in total. The molecule has 7 nitrogen and oxygen atoms in total. The minimum atomic E-state index is -1.06. The lowest BCUT2D eigenvalue weighted by atomic mass is 10.1. The van der Waals surface area contributed by atoms with Crippen LogP contribution in [0.25, 0.3) is 11.0 Å². The van der Waals surface area contributed by atoms with E-state index in [2.05, 4.69) is 10.6 Å². The van der Waals surface area contributed by atoms with Gasteiger partial charge in [-0.25, -0.2) is 9.59 Å². The molecule has 0 saturated carbocycles. The smallest absolute Gasteiger partial charge is 0.336 e. The fourth-order valence-electron chi connectivity index (χ4n) is 2.80. The van der Waals surface area contributed by atoms with E-state index >= 15 is 0 Å². The van der Waals surface area contributed by atoms with Crippen molar-refractivity contribution in [3.8, 4) is 5.75 Å². The van der Waals surface area contributed by atoms with Gasteiger partial charge < -0.3 is 14.5 Å². The number of imide groups is 1. The second-order valence-electron chi connectivity index (χ2n) is 6.16. The number of ether oxygens (including phenoxy) is 1. The minimum absolute atomic E-state index is 0.334. The van der Waals surface area contributed by atoms with E-state index in [0.29, 0.717) is 23.4 Å². The molecule has 3 aromatic rings. The van der Waals surface area contributed by atoms with Crippen LogP contribution in [0.15, 0.2) is 63.8 Å². The van der Waals surface area contributed by atoms with Gasteiger partial charge in [0, 0.05) is 29.6 Å². The van der Waals surface area contributed by atoms with Crippen LogP contribution in [0.4, 0.5) is 4.79 Å². The van der Waals surface area contributed by atoms with E-state index in [0.717, 1.165) is 10.9 Å². The van der Waals surface area contributed by atoms with Crippen LogP contribution in [-0.2, 0) is 4.79 Å². The van der Waals surface area contributed by atoms with E-state index in [9.17, 15) is 14.4 Å². The largest absolute Gasteiger partial charge is 0.476 e. The highest BCUT2D eigenvalue weighted by molar-refractivity contribution is 5.97. The molecule has 144 valence electrons. The second kappa shape index (κ2) is 8.39. The van der Waals surface area contributed by atoms with Gasteiger partial charge >= 0.3 is 11.7 Å². The molecule has 3 amide bonds. The van der Waals surface area contributed by atoms with Crippen LogP contribution < -0.4 is 21.0 Å². The van der Waals surface area contributed by atoms with Crippen LogP contribution in [0.5, 0.6) is 5.75 Å². The quantitative estimate of drug-likeness (QED) is 0.663. The molecule has 0 saturated heterocycles. The second-order valence-corrected chi connectivity index (χ2v) is 6.16. The van der Waals surface area contributed by atoms with Gasteiger partial charge in [0.2, 0.25) is 6.10 Å². The third-order valence-corrected chi connectivity index (χ3v) is 4.09. The average Bonchev–Trinajstić information content (AvgIpc) is 2.66. The highest BCUT2D eigenvalue weighted by Gasteiger charge is 2.24. The van der Waals surface area contributed by atoms with E-state index in [4.69, 9.17) is 9.15 Å². The summed E-state index contributed by atoms with van der Waals surface area (Å²) >= 11 is 0. The maximum atomic E-state index is 12.6. The minimum Gasteiger partial charge on any atom is -0.476 e. The van der Waals surface area contributed by atoms with Crippen LogP contribution >= 0.6 is 0 Å². The molecule has 0 aliphatic carbocycles. The number of carbonyl (C=O) groups excluding carboxylic acids is 2. The highest BCUT2D eigenvalue weighted by Crippen LogP contribution is 2.27. The number of fused-ring (bicyclic) bond motifs is 1. The Morgan fingerprint density at radius 2 is 1.86 bits per heavy atom. The normalized spacial score (nSPS) is 11.6. The summed E-state index contributed by atoms with van der Waals surface area (Å²) in [6.07, 6.45) is -1.06. The molecule has 2 aromatic carbocycles. The summed E-state index contributed by atoms with van der Waals surface area (Å²) in [5.74, 6) is -0.274. The summed E-state index contributed by atoms with van der Waals surface area (Å²) in [7, 11) is 0. The first-order chi connectivity index (χ1) is 13.5. The standard InChI is InChI=1S/C21H20N2O5/c1-3-22-21(26)23-20(25)19(14-7-5-4-6-8-14)27-15-9-10-16-13(2)11-18(24)28-17(16)12-15/h4-12,19H,3H2,1-2H3,(H2,22,23,25,26)/t19-/m0/s1. The number of carbonyl (C=O) groups is 2. The molecule has 0 fully saturated rings.